The molecule has 1 aliphatic rings. The van der Waals surface area contributed by atoms with Crippen LogP contribution >= 0.6 is 0 Å². The first-order valence-corrected chi connectivity index (χ1v) is 5.59. The summed E-state index contributed by atoms with van der Waals surface area (Å²) in [6, 6.07) is 0. The summed E-state index contributed by atoms with van der Waals surface area (Å²) in [5.74, 6) is 0.0842. The Kier molecular flexibility index (Phi) is 4.46. The van der Waals surface area contributed by atoms with Crippen molar-refractivity contribution in [1.29, 1.82) is 0 Å². The van der Waals surface area contributed by atoms with Crippen LogP contribution in [0, 0.1) is 0 Å². The van der Waals surface area contributed by atoms with Crippen LogP contribution in [-0.4, -0.2) is 53.6 Å². The molecule has 16 heavy (non-hydrogen) atoms. The van der Waals surface area contributed by atoms with Gasteiger partial charge in [0, 0.05) is 19.5 Å². The molecule has 0 aromatic carbocycles. The van der Waals surface area contributed by atoms with Crippen LogP contribution in [0.5, 0.6) is 0 Å². The summed E-state index contributed by atoms with van der Waals surface area (Å²) in [5.41, 5.74) is 0. The number of hydrogen-bond acceptors (Lipinski definition) is 3. The van der Waals surface area contributed by atoms with Gasteiger partial charge >= 0.3 is 0 Å². The van der Waals surface area contributed by atoms with Gasteiger partial charge in [0.1, 0.15) is 5.78 Å². The van der Waals surface area contributed by atoms with Crippen molar-refractivity contribution in [2.24, 2.45) is 0 Å². The van der Waals surface area contributed by atoms with Gasteiger partial charge in [-0.2, -0.15) is 0 Å². The summed E-state index contributed by atoms with van der Waals surface area (Å²) >= 11 is 0. The van der Waals surface area contributed by atoms with E-state index in [4.69, 9.17) is 0 Å². The van der Waals surface area contributed by atoms with Crippen LogP contribution in [0.4, 0.5) is 0 Å². The van der Waals surface area contributed by atoms with Crippen molar-refractivity contribution in [2.45, 2.75) is 26.7 Å². The lowest BCUT2D eigenvalue weighted by Crippen LogP contribution is -2.53. The Labute approximate surface area is 95.4 Å². The second-order valence-corrected chi connectivity index (χ2v) is 4.03. The molecule has 5 heteroatoms. The topological polar surface area (TPSA) is 57.7 Å². The highest BCUT2D eigenvalue weighted by Gasteiger charge is 2.28. The molecular weight excluding hydrogens is 208 g/mol. The number of Topliss-reactive ketones (excluding diaryl/α,β-unsaturated/α-hetero) is 1. The third-order valence-corrected chi connectivity index (χ3v) is 2.70. The molecule has 0 aromatic rings. The van der Waals surface area contributed by atoms with Gasteiger partial charge in [0.05, 0.1) is 13.1 Å². The molecule has 0 saturated carbocycles. The maximum Gasteiger partial charge on any atom is 0.242 e. The zero-order valence-corrected chi connectivity index (χ0v) is 9.86. The van der Waals surface area contributed by atoms with Crippen molar-refractivity contribution in [3.63, 3.8) is 0 Å². The molecular formula is C11H18N2O3. The average Bonchev–Trinajstić information content (AvgIpc) is 2.22. The molecule has 0 bridgehead atoms. The van der Waals surface area contributed by atoms with Crippen molar-refractivity contribution in [3.8, 4) is 0 Å². The minimum absolute atomic E-state index is 0.00933. The van der Waals surface area contributed by atoms with E-state index in [1.165, 1.54) is 11.8 Å². The predicted octanol–water partition coefficient (Wildman–Crippen LogP) is 0.0463. The van der Waals surface area contributed by atoms with E-state index in [9.17, 15) is 14.4 Å². The van der Waals surface area contributed by atoms with Gasteiger partial charge in [0.2, 0.25) is 11.8 Å². The number of nitrogens with zero attached hydrogens (tertiary/aromatic N) is 2. The second-order valence-electron chi connectivity index (χ2n) is 4.03. The number of carbonyl (C=O) groups excluding carboxylic acids is 3. The SMILES string of the molecule is CCN1CC(=O)N(CCCC(C)=O)CC1=O. The molecule has 5 nitrogen and oxygen atoms in total. The Morgan fingerprint density at radius 2 is 1.75 bits per heavy atom. The number of amides is 2. The highest BCUT2D eigenvalue weighted by Crippen LogP contribution is 2.06. The number of rotatable bonds is 5. The summed E-state index contributed by atoms with van der Waals surface area (Å²) < 4.78 is 0. The lowest BCUT2D eigenvalue weighted by Gasteiger charge is -2.33. The molecule has 0 aromatic heterocycles. The fourth-order valence-corrected chi connectivity index (χ4v) is 1.71. The van der Waals surface area contributed by atoms with E-state index in [2.05, 4.69) is 0 Å². The fraction of sp³-hybridized carbons (Fsp3) is 0.727. The maximum absolute atomic E-state index is 11.6. The molecule has 1 aliphatic heterocycles. The van der Waals surface area contributed by atoms with Crippen LogP contribution in [0.1, 0.15) is 26.7 Å². The predicted molar refractivity (Wildman–Crippen MR) is 58.7 cm³/mol. The zero-order chi connectivity index (χ0) is 12.1. The number of hydrogen-bond donors (Lipinski definition) is 0. The lowest BCUT2D eigenvalue weighted by atomic mass is 10.2. The fourth-order valence-electron chi connectivity index (χ4n) is 1.71. The molecule has 0 aliphatic carbocycles. The van der Waals surface area contributed by atoms with Crippen LogP contribution in [0.3, 0.4) is 0 Å². The molecule has 0 radical (unpaired) electrons. The van der Waals surface area contributed by atoms with E-state index < -0.39 is 0 Å². The lowest BCUT2D eigenvalue weighted by molar-refractivity contribution is -0.149. The largest absolute Gasteiger partial charge is 0.332 e. The van der Waals surface area contributed by atoms with E-state index in [0.717, 1.165) is 0 Å². The summed E-state index contributed by atoms with van der Waals surface area (Å²) in [6.45, 7) is 4.80. The van der Waals surface area contributed by atoms with Crippen molar-refractivity contribution < 1.29 is 14.4 Å². The average molecular weight is 226 g/mol. The Hall–Kier alpha value is -1.39. The molecule has 0 atom stereocenters. The highest BCUT2D eigenvalue weighted by atomic mass is 16.2. The molecule has 90 valence electrons. The van der Waals surface area contributed by atoms with Crippen molar-refractivity contribution in [3.05, 3.63) is 0 Å². The highest BCUT2D eigenvalue weighted by molar-refractivity contribution is 5.92. The first-order valence-electron chi connectivity index (χ1n) is 5.59. The summed E-state index contributed by atoms with van der Waals surface area (Å²) in [7, 11) is 0. The van der Waals surface area contributed by atoms with Gasteiger partial charge in [-0.15, -0.1) is 0 Å². The van der Waals surface area contributed by atoms with E-state index >= 15 is 0 Å². The Morgan fingerprint density at radius 3 is 2.31 bits per heavy atom. The smallest absolute Gasteiger partial charge is 0.242 e. The second kappa shape index (κ2) is 5.63. The summed E-state index contributed by atoms with van der Waals surface area (Å²) in [5, 5.41) is 0. The third kappa shape index (κ3) is 3.32. The standard InChI is InChI=1S/C11H18N2O3/c1-3-12-7-11(16)13(8-10(12)15)6-4-5-9(2)14/h3-8H2,1-2H3. The van der Waals surface area contributed by atoms with Crippen molar-refractivity contribution >= 4 is 17.6 Å². The minimum atomic E-state index is -0.0231. The van der Waals surface area contributed by atoms with Crippen molar-refractivity contribution in [1.82, 2.24) is 9.80 Å². The van der Waals surface area contributed by atoms with Gasteiger partial charge < -0.3 is 14.6 Å². The Bertz CT molecular complexity index is 302. The molecule has 2 amide bonds. The van der Waals surface area contributed by atoms with Crippen LogP contribution in [0.25, 0.3) is 0 Å². The third-order valence-electron chi connectivity index (χ3n) is 2.70. The van der Waals surface area contributed by atoms with Gasteiger partial charge in [-0.3, -0.25) is 9.59 Å². The van der Waals surface area contributed by atoms with Gasteiger partial charge in [-0.25, -0.2) is 0 Å². The number of carbonyl (C=O) groups is 3. The van der Waals surface area contributed by atoms with E-state index in [0.29, 0.717) is 25.9 Å². The Balaban J connectivity index is 2.41. The normalized spacial score (nSPS) is 16.9. The molecule has 0 spiro atoms. The first-order chi connectivity index (χ1) is 7.54. The molecule has 1 fully saturated rings. The number of piperazine rings is 1. The van der Waals surface area contributed by atoms with Crippen LogP contribution in [0.15, 0.2) is 0 Å². The zero-order valence-electron chi connectivity index (χ0n) is 9.86. The van der Waals surface area contributed by atoms with Gasteiger partial charge in [-0.05, 0) is 20.3 Å². The van der Waals surface area contributed by atoms with Crippen LogP contribution < -0.4 is 0 Å². The summed E-state index contributed by atoms with van der Waals surface area (Å²) in [4.78, 5) is 37.0. The first kappa shape index (κ1) is 12.7. The monoisotopic (exact) mass is 226 g/mol. The van der Waals surface area contributed by atoms with Gasteiger partial charge in [-0.1, -0.05) is 0 Å². The maximum atomic E-state index is 11.6. The van der Waals surface area contributed by atoms with Crippen LogP contribution in [-0.2, 0) is 14.4 Å². The Morgan fingerprint density at radius 1 is 1.19 bits per heavy atom. The molecule has 0 N–H and O–H groups in total. The summed E-state index contributed by atoms with van der Waals surface area (Å²) in [6.07, 6.45) is 1.11. The van der Waals surface area contributed by atoms with Gasteiger partial charge in [0.15, 0.2) is 0 Å². The molecule has 1 saturated heterocycles. The van der Waals surface area contributed by atoms with Crippen molar-refractivity contribution in [2.75, 3.05) is 26.2 Å². The van der Waals surface area contributed by atoms with E-state index in [1.807, 2.05) is 6.92 Å². The minimum Gasteiger partial charge on any atom is -0.332 e. The van der Waals surface area contributed by atoms with E-state index in [1.54, 1.807) is 4.90 Å². The molecule has 1 rings (SSSR count). The quantitative estimate of drug-likeness (QED) is 0.665. The number of likely N-dealkylation sites (N-methyl/N-ethyl adjacent to an activating group) is 1. The van der Waals surface area contributed by atoms with Gasteiger partial charge in [0.25, 0.3) is 0 Å². The number of ketones is 1. The van der Waals surface area contributed by atoms with Crippen LogP contribution in [0.2, 0.25) is 0 Å². The molecule has 1 heterocycles. The van der Waals surface area contributed by atoms with E-state index in [-0.39, 0.29) is 30.7 Å². The molecule has 0 unspecified atom stereocenters.